The van der Waals surface area contributed by atoms with Crippen molar-refractivity contribution in [2.75, 3.05) is 38.6 Å². The summed E-state index contributed by atoms with van der Waals surface area (Å²) in [5, 5.41) is 0. The molecule has 1 amide bonds. The molecule has 2 heterocycles. The van der Waals surface area contributed by atoms with E-state index in [1.165, 1.54) is 11.3 Å². The average Bonchev–Trinajstić information content (AvgIpc) is 2.73. The highest BCUT2D eigenvalue weighted by Gasteiger charge is 2.24. The minimum absolute atomic E-state index is 0.111. The summed E-state index contributed by atoms with van der Waals surface area (Å²) in [7, 11) is -3.32. The number of carbonyl (C=O) groups is 1. The fourth-order valence-electron chi connectivity index (χ4n) is 2.84. The van der Waals surface area contributed by atoms with Crippen LogP contribution < -0.4 is 9.79 Å². The molecule has 2 aliphatic heterocycles. The van der Waals surface area contributed by atoms with Gasteiger partial charge in [-0.3, -0.25) is 4.79 Å². The van der Waals surface area contributed by atoms with Gasteiger partial charge in [0.1, 0.15) is 6.29 Å². The number of nitrogens with one attached hydrogen (secondary N) is 1. The van der Waals surface area contributed by atoms with Gasteiger partial charge in [0.05, 0.1) is 20.5 Å². The first-order chi connectivity index (χ1) is 8.57. The molecule has 0 aromatic heterocycles. The molecule has 2 saturated heterocycles. The molecule has 0 bridgehead atoms. The van der Waals surface area contributed by atoms with Crippen molar-refractivity contribution in [2.24, 2.45) is 0 Å². The lowest BCUT2D eigenvalue weighted by atomic mass is 10.1. The van der Waals surface area contributed by atoms with Gasteiger partial charge < -0.3 is 19.3 Å². The van der Waals surface area contributed by atoms with Crippen LogP contribution in [0.1, 0.15) is 32.1 Å². The SMILES string of the molecule is O=C1CCCN1CCP(=O)([O-])C[NH+]1CCCCC1. The summed E-state index contributed by atoms with van der Waals surface area (Å²) in [6.07, 6.45) is 5.39. The number of nitrogens with zero attached hydrogens (tertiary/aromatic N) is 1. The Morgan fingerprint density at radius 2 is 1.94 bits per heavy atom. The highest BCUT2D eigenvalue weighted by molar-refractivity contribution is 7.56. The van der Waals surface area contributed by atoms with E-state index in [1.807, 2.05) is 0 Å². The summed E-state index contributed by atoms with van der Waals surface area (Å²) in [4.78, 5) is 26.3. The third-order valence-corrected chi connectivity index (χ3v) is 5.72. The Labute approximate surface area is 109 Å². The molecule has 18 heavy (non-hydrogen) atoms. The maximum absolute atomic E-state index is 12.0. The molecule has 0 radical (unpaired) electrons. The summed E-state index contributed by atoms with van der Waals surface area (Å²) < 4.78 is 12.0. The maximum atomic E-state index is 12.0. The Balaban J connectivity index is 1.75. The minimum atomic E-state index is -3.32. The summed E-state index contributed by atoms with van der Waals surface area (Å²) in [6.45, 7) is 3.09. The van der Waals surface area contributed by atoms with Gasteiger partial charge in [0.25, 0.3) is 0 Å². The molecule has 0 spiro atoms. The number of likely N-dealkylation sites (tertiary alicyclic amines) is 2. The fraction of sp³-hybridized carbons (Fsp3) is 0.917. The van der Waals surface area contributed by atoms with E-state index in [-0.39, 0.29) is 18.4 Å². The second-order valence-electron chi connectivity index (χ2n) is 5.49. The van der Waals surface area contributed by atoms with Crippen molar-refractivity contribution in [1.29, 1.82) is 0 Å². The lowest BCUT2D eigenvalue weighted by Gasteiger charge is -2.31. The molecule has 0 aromatic carbocycles. The molecule has 0 aromatic rings. The van der Waals surface area contributed by atoms with E-state index < -0.39 is 7.37 Å². The first kappa shape index (κ1) is 14.0. The van der Waals surface area contributed by atoms with Crippen LogP contribution in [0.15, 0.2) is 0 Å². The van der Waals surface area contributed by atoms with Crippen molar-refractivity contribution in [3.05, 3.63) is 0 Å². The Kier molecular flexibility index (Phi) is 4.82. The quantitative estimate of drug-likeness (QED) is 0.673. The van der Waals surface area contributed by atoms with Crippen molar-refractivity contribution in [1.82, 2.24) is 4.90 Å². The highest BCUT2D eigenvalue weighted by atomic mass is 31.2. The fourth-order valence-corrected chi connectivity index (χ4v) is 4.55. The molecule has 104 valence electrons. The second-order valence-corrected chi connectivity index (χ2v) is 7.88. The van der Waals surface area contributed by atoms with Crippen LogP contribution in [-0.2, 0) is 9.36 Å². The van der Waals surface area contributed by atoms with Crippen molar-refractivity contribution in [3.8, 4) is 0 Å². The van der Waals surface area contributed by atoms with E-state index in [2.05, 4.69) is 0 Å². The van der Waals surface area contributed by atoms with Gasteiger partial charge in [-0.25, -0.2) is 0 Å². The highest BCUT2D eigenvalue weighted by Crippen LogP contribution is 2.32. The standard InChI is InChI=1S/C12H23N2O3P/c15-12-5-4-8-14(12)9-10-18(16,17)11-13-6-2-1-3-7-13/h1-11H2,(H,16,17). The summed E-state index contributed by atoms with van der Waals surface area (Å²) in [5.74, 6) is 0.111. The van der Waals surface area contributed by atoms with Gasteiger partial charge in [-0.1, -0.05) is 0 Å². The molecule has 1 unspecified atom stereocenters. The van der Waals surface area contributed by atoms with Crippen LogP contribution in [0.4, 0.5) is 0 Å². The maximum Gasteiger partial charge on any atom is 0.222 e. The Hall–Kier alpha value is -0.380. The Bertz CT molecular complexity index is 342. The molecule has 0 saturated carbocycles. The van der Waals surface area contributed by atoms with Crippen LogP contribution in [0.2, 0.25) is 0 Å². The van der Waals surface area contributed by atoms with E-state index in [0.29, 0.717) is 13.0 Å². The first-order valence-electron chi connectivity index (χ1n) is 6.97. The molecule has 2 fully saturated rings. The zero-order valence-electron chi connectivity index (χ0n) is 10.9. The number of amides is 1. The van der Waals surface area contributed by atoms with Crippen LogP contribution in [0.5, 0.6) is 0 Å². The molecule has 6 heteroatoms. The Morgan fingerprint density at radius 1 is 1.22 bits per heavy atom. The monoisotopic (exact) mass is 274 g/mol. The van der Waals surface area contributed by atoms with Gasteiger partial charge in [-0.05, 0) is 25.7 Å². The number of quaternary nitrogens is 1. The van der Waals surface area contributed by atoms with Crippen molar-refractivity contribution >= 4 is 13.3 Å². The van der Waals surface area contributed by atoms with Gasteiger partial charge in [-0.15, -0.1) is 0 Å². The van der Waals surface area contributed by atoms with Crippen molar-refractivity contribution in [3.63, 3.8) is 0 Å². The average molecular weight is 274 g/mol. The van der Waals surface area contributed by atoms with Gasteiger partial charge >= 0.3 is 0 Å². The van der Waals surface area contributed by atoms with E-state index in [1.54, 1.807) is 4.90 Å². The van der Waals surface area contributed by atoms with Crippen molar-refractivity contribution in [2.45, 2.75) is 32.1 Å². The zero-order valence-corrected chi connectivity index (χ0v) is 11.8. The topological polar surface area (TPSA) is 64.9 Å². The smallest absolute Gasteiger partial charge is 0.222 e. The summed E-state index contributed by atoms with van der Waals surface area (Å²) in [5.41, 5.74) is 0. The summed E-state index contributed by atoms with van der Waals surface area (Å²) >= 11 is 0. The molecular weight excluding hydrogens is 251 g/mol. The van der Waals surface area contributed by atoms with Gasteiger partial charge in [-0.2, -0.15) is 0 Å². The van der Waals surface area contributed by atoms with Crippen LogP contribution >= 0.6 is 7.37 Å². The van der Waals surface area contributed by atoms with Crippen LogP contribution in [0.25, 0.3) is 0 Å². The number of carbonyl (C=O) groups excluding carboxylic acids is 1. The molecule has 1 atom stereocenters. The first-order valence-corrected chi connectivity index (χ1v) is 8.97. The lowest BCUT2D eigenvalue weighted by Crippen LogP contribution is -3.12. The van der Waals surface area contributed by atoms with Gasteiger partial charge in [0, 0.05) is 25.7 Å². The van der Waals surface area contributed by atoms with E-state index in [4.69, 9.17) is 0 Å². The number of hydrogen-bond donors (Lipinski definition) is 1. The largest absolute Gasteiger partial charge is 0.795 e. The van der Waals surface area contributed by atoms with E-state index >= 15 is 0 Å². The normalized spacial score (nSPS) is 25.4. The number of rotatable bonds is 5. The molecule has 1 N–H and O–H groups in total. The molecule has 0 aliphatic carbocycles. The van der Waals surface area contributed by atoms with Crippen molar-refractivity contribution < 1.29 is 19.2 Å². The van der Waals surface area contributed by atoms with E-state index in [0.717, 1.165) is 38.9 Å². The third kappa shape index (κ3) is 4.08. The predicted molar refractivity (Wildman–Crippen MR) is 67.7 cm³/mol. The third-order valence-electron chi connectivity index (χ3n) is 3.91. The lowest BCUT2D eigenvalue weighted by molar-refractivity contribution is -0.894. The zero-order chi connectivity index (χ0) is 13.0. The minimum Gasteiger partial charge on any atom is -0.795 e. The van der Waals surface area contributed by atoms with Crippen LogP contribution in [-0.4, -0.2) is 49.4 Å². The molecular formula is C12H23N2O3P. The molecule has 5 nitrogen and oxygen atoms in total. The summed E-state index contributed by atoms with van der Waals surface area (Å²) in [6, 6.07) is 0. The molecule has 2 rings (SSSR count). The van der Waals surface area contributed by atoms with Gasteiger partial charge in [0.2, 0.25) is 5.91 Å². The molecule has 2 aliphatic rings. The number of piperidine rings is 1. The predicted octanol–water partition coefficient (Wildman–Crippen LogP) is -0.726. The van der Waals surface area contributed by atoms with Crippen LogP contribution in [0.3, 0.4) is 0 Å². The second kappa shape index (κ2) is 6.18. The Morgan fingerprint density at radius 3 is 2.56 bits per heavy atom. The van der Waals surface area contributed by atoms with Crippen LogP contribution in [0, 0.1) is 0 Å². The van der Waals surface area contributed by atoms with E-state index in [9.17, 15) is 14.3 Å². The van der Waals surface area contributed by atoms with Gasteiger partial charge in [0.15, 0.2) is 0 Å². The number of hydrogen-bond acceptors (Lipinski definition) is 3.